The van der Waals surface area contributed by atoms with Crippen molar-refractivity contribution in [2.75, 3.05) is 31.6 Å². The largest absolute Gasteiger partial charge is 0.396 e. The van der Waals surface area contributed by atoms with Crippen LogP contribution in [0.1, 0.15) is 37.8 Å². The molecule has 112 valence electrons. The van der Waals surface area contributed by atoms with Gasteiger partial charge in [0.15, 0.2) is 0 Å². The Bertz CT molecular complexity index is 436. The van der Waals surface area contributed by atoms with Crippen molar-refractivity contribution >= 4 is 5.69 Å². The summed E-state index contributed by atoms with van der Waals surface area (Å²) < 4.78 is 13.5. The second kappa shape index (κ2) is 7.04. The third kappa shape index (κ3) is 3.49. The van der Waals surface area contributed by atoms with Crippen LogP contribution < -0.4 is 10.2 Å². The highest BCUT2D eigenvalue weighted by Crippen LogP contribution is 2.31. The summed E-state index contributed by atoms with van der Waals surface area (Å²) >= 11 is 0. The highest BCUT2D eigenvalue weighted by atomic mass is 19.1. The van der Waals surface area contributed by atoms with Crippen molar-refractivity contribution in [3.8, 4) is 0 Å². The number of aliphatic hydroxyl groups is 1. The molecular weight excluding hydrogens is 255 g/mol. The zero-order valence-corrected chi connectivity index (χ0v) is 12.4. The SMILES string of the molecule is CNC(C)c1cc(F)ccc1N1CCCC(CCO)C1. The number of nitrogens with one attached hydrogen (secondary N) is 1. The van der Waals surface area contributed by atoms with E-state index in [9.17, 15) is 4.39 Å². The molecule has 4 heteroatoms. The Kier molecular flexibility index (Phi) is 5.38. The minimum atomic E-state index is -0.185. The molecule has 0 radical (unpaired) electrons. The minimum absolute atomic E-state index is 0.124. The molecule has 1 fully saturated rings. The lowest BCUT2D eigenvalue weighted by molar-refractivity contribution is 0.244. The average molecular weight is 280 g/mol. The van der Waals surface area contributed by atoms with E-state index in [-0.39, 0.29) is 18.5 Å². The van der Waals surface area contributed by atoms with Gasteiger partial charge in [-0.3, -0.25) is 0 Å². The molecule has 1 heterocycles. The van der Waals surface area contributed by atoms with Gasteiger partial charge in [-0.25, -0.2) is 4.39 Å². The van der Waals surface area contributed by atoms with E-state index in [0.717, 1.165) is 37.2 Å². The summed E-state index contributed by atoms with van der Waals surface area (Å²) in [4.78, 5) is 2.34. The maximum atomic E-state index is 13.5. The number of hydrogen-bond acceptors (Lipinski definition) is 3. The van der Waals surface area contributed by atoms with E-state index in [4.69, 9.17) is 5.11 Å². The van der Waals surface area contributed by atoms with Gasteiger partial charge in [0.05, 0.1) is 0 Å². The Morgan fingerprint density at radius 3 is 3.00 bits per heavy atom. The molecule has 0 amide bonds. The Morgan fingerprint density at radius 1 is 1.50 bits per heavy atom. The summed E-state index contributed by atoms with van der Waals surface area (Å²) in [5, 5.41) is 12.3. The zero-order chi connectivity index (χ0) is 14.5. The first kappa shape index (κ1) is 15.3. The van der Waals surface area contributed by atoms with Crippen molar-refractivity contribution in [3.63, 3.8) is 0 Å². The van der Waals surface area contributed by atoms with Crippen molar-refractivity contribution in [2.24, 2.45) is 5.92 Å². The Labute approximate surface area is 120 Å². The second-order valence-electron chi connectivity index (χ2n) is 5.68. The van der Waals surface area contributed by atoms with Gasteiger partial charge >= 0.3 is 0 Å². The zero-order valence-electron chi connectivity index (χ0n) is 12.4. The van der Waals surface area contributed by atoms with E-state index in [1.807, 2.05) is 20.0 Å². The summed E-state index contributed by atoms with van der Waals surface area (Å²) in [6, 6.07) is 5.18. The van der Waals surface area contributed by atoms with Crippen LogP contribution in [0.2, 0.25) is 0 Å². The Balaban J connectivity index is 2.22. The summed E-state index contributed by atoms with van der Waals surface area (Å²) in [6.45, 7) is 4.27. The van der Waals surface area contributed by atoms with Crippen LogP contribution in [0.15, 0.2) is 18.2 Å². The third-order valence-electron chi connectivity index (χ3n) is 4.29. The Hall–Kier alpha value is -1.13. The topological polar surface area (TPSA) is 35.5 Å². The van der Waals surface area contributed by atoms with Crippen LogP contribution in [0.4, 0.5) is 10.1 Å². The number of anilines is 1. The molecule has 2 unspecified atom stereocenters. The van der Waals surface area contributed by atoms with Gasteiger partial charge in [-0.1, -0.05) is 0 Å². The standard InChI is InChI=1S/C16H25FN2O/c1-12(18-2)15-10-14(17)5-6-16(15)19-8-3-4-13(11-19)7-9-20/h5-6,10,12-13,18,20H,3-4,7-9,11H2,1-2H3. The van der Waals surface area contributed by atoms with E-state index in [1.54, 1.807) is 6.07 Å². The van der Waals surface area contributed by atoms with E-state index in [1.165, 1.54) is 12.5 Å². The summed E-state index contributed by atoms with van der Waals surface area (Å²) in [5.74, 6) is 0.353. The van der Waals surface area contributed by atoms with Crippen molar-refractivity contribution in [2.45, 2.75) is 32.2 Å². The molecule has 1 aromatic carbocycles. The lowest BCUT2D eigenvalue weighted by atomic mass is 9.93. The first-order valence-electron chi connectivity index (χ1n) is 7.48. The molecule has 2 atom stereocenters. The molecule has 1 aromatic rings. The van der Waals surface area contributed by atoms with Gasteiger partial charge in [0.25, 0.3) is 0 Å². The van der Waals surface area contributed by atoms with Gasteiger partial charge < -0.3 is 15.3 Å². The van der Waals surface area contributed by atoms with Crippen LogP contribution >= 0.6 is 0 Å². The Morgan fingerprint density at radius 2 is 2.30 bits per heavy atom. The maximum absolute atomic E-state index is 13.5. The minimum Gasteiger partial charge on any atom is -0.396 e. The first-order valence-corrected chi connectivity index (χ1v) is 7.48. The fourth-order valence-corrected chi connectivity index (χ4v) is 3.02. The van der Waals surface area contributed by atoms with Crippen LogP contribution in [0.25, 0.3) is 0 Å². The summed E-state index contributed by atoms with van der Waals surface area (Å²) in [6.07, 6.45) is 3.17. The average Bonchev–Trinajstić information content (AvgIpc) is 2.47. The van der Waals surface area contributed by atoms with Gasteiger partial charge in [-0.2, -0.15) is 0 Å². The number of aliphatic hydroxyl groups excluding tert-OH is 1. The third-order valence-corrected chi connectivity index (χ3v) is 4.29. The van der Waals surface area contributed by atoms with Crippen LogP contribution in [0.3, 0.4) is 0 Å². The number of halogens is 1. The summed E-state index contributed by atoms with van der Waals surface area (Å²) in [7, 11) is 1.89. The fraction of sp³-hybridized carbons (Fsp3) is 0.625. The second-order valence-corrected chi connectivity index (χ2v) is 5.68. The van der Waals surface area contributed by atoms with Crippen molar-refractivity contribution < 1.29 is 9.50 Å². The first-order chi connectivity index (χ1) is 9.65. The number of benzene rings is 1. The van der Waals surface area contributed by atoms with E-state index in [0.29, 0.717) is 5.92 Å². The van der Waals surface area contributed by atoms with E-state index < -0.39 is 0 Å². The fourth-order valence-electron chi connectivity index (χ4n) is 3.02. The molecule has 1 aliphatic heterocycles. The molecule has 2 N–H and O–H groups in total. The highest BCUT2D eigenvalue weighted by Gasteiger charge is 2.22. The lowest BCUT2D eigenvalue weighted by Crippen LogP contribution is -2.36. The molecule has 0 saturated carbocycles. The quantitative estimate of drug-likeness (QED) is 0.870. The van der Waals surface area contributed by atoms with Crippen molar-refractivity contribution in [1.82, 2.24) is 5.32 Å². The molecule has 1 saturated heterocycles. The molecule has 0 bridgehead atoms. The van der Waals surface area contributed by atoms with Gasteiger partial charge in [0.2, 0.25) is 0 Å². The van der Waals surface area contributed by atoms with E-state index >= 15 is 0 Å². The predicted octanol–water partition coefficient (Wildman–Crippen LogP) is 2.70. The molecule has 1 aliphatic rings. The van der Waals surface area contributed by atoms with Gasteiger partial charge in [-0.15, -0.1) is 0 Å². The lowest BCUT2D eigenvalue weighted by Gasteiger charge is -2.36. The molecule has 0 aliphatic carbocycles. The number of nitrogens with zero attached hydrogens (tertiary/aromatic N) is 1. The number of rotatable bonds is 5. The van der Waals surface area contributed by atoms with Crippen LogP contribution in [-0.4, -0.2) is 31.9 Å². The molecule has 3 nitrogen and oxygen atoms in total. The predicted molar refractivity (Wildman–Crippen MR) is 80.5 cm³/mol. The summed E-state index contributed by atoms with van der Waals surface area (Å²) in [5.41, 5.74) is 2.13. The molecule has 0 spiro atoms. The van der Waals surface area contributed by atoms with Gasteiger partial charge in [0.1, 0.15) is 5.82 Å². The molecule has 2 rings (SSSR count). The molecular formula is C16H25FN2O. The van der Waals surface area contributed by atoms with E-state index in [2.05, 4.69) is 10.2 Å². The number of hydrogen-bond donors (Lipinski definition) is 2. The molecule has 0 aromatic heterocycles. The molecule has 20 heavy (non-hydrogen) atoms. The normalized spacial score (nSPS) is 21.0. The van der Waals surface area contributed by atoms with Crippen LogP contribution in [0.5, 0.6) is 0 Å². The van der Waals surface area contributed by atoms with Gasteiger partial charge in [0, 0.05) is 31.4 Å². The maximum Gasteiger partial charge on any atom is 0.123 e. The smallest absolute Gasteiger partial charge is 0.123 e. The number of piperidine rings is 1. The van der Waals surface area contributed by atoms with Crippen molar-refractivity contribution in [1.29, 1.82) is 0 Å². The van der Waals surface area contributed by atoms with Crippen LogP contribution in [0, 0.1) is 11.7 Å². The van der Waals surface area contributed by atoms with Crippen molar-refractivity contribution in [3.05, 3.63) is 29.6 Å². The van der Waals surface area contributed by atoms with Crippen LogP contribution in [-0.2, 0) is 0 Å². The highest BCUT2D eigenvalue weighted by molar-refractivity contribution is 5.55. The monoisotopic (exact) mass is 280 g/mol. The van der Waals surface area contributed by atoms with Gasteiger partial charge in [-0.05, 0) is 62.9 Å².